The van der Waals surface area contributed by atoms with Gasteiger partial charge in [-0.2, -0.15) is 0 Å². The van der Waals surface area contributed by atoms with Crippen LogP contribution in [0, 0.1) is 5.92 Å². The van der Waals surface area contributed by atoms with Gasteiger partial charge in [-0.3, -0.25) is 4.79 Å². The Morgan fingerprint density at radius 2 is 2.00 bits per heavy atom. The Kier molecular flexibility index (Phi) is 6.25. The maximum Gasteiger partial charge on any atom is 0.251 e. The van der Waals surface area contributed by atoms with E-state index in [0.29, 0.717) is 18.0 Å². The summed E-state index contributed by atoms with van der Waals surface area (Å²) in [6.45, 7) is 4.77. The smallest absolute Gasteiger partial charge is 0.251 e. The average molecular weight is 304 g/mol. The SMILES string of the molecule is CCC(C)Oc1ccc(C(=O)NC2CCCCC2CN)cc1. The number of rotatable bonds is 6. The van der Waals surface area contributed by atoms with Crippen LogP contribution < -0.4 is 15.8 Å². The van der Waals surface area contributed by atoms with Crippen molar-refractivity contribution in [2.45, 2.75) is 58.1 Å². The minimum Gasteiger partial charge on any atom is -0.491 e. The first-order valence-electron chi connectivity index (χ1n) is 8.41. The quantitative estimate of drug-likeness (QED) is 0.848. The summed E-state index contributed by atoms with van der Waals surface area (Å²) in [6, 6.07) is 7.59. The molecule has 2 rings (SSSR count). The lowest BCUT2D eigenvalue weighted by Crippen LogP contribution is -2.44. The Labute approximate surface area is 133 Å². The van der Waals surface area contributed by atoms with E-state index in [1.165, 1.54) is 12.8 Å². The van der Waals surface area contributed by atoms with Crippen molar-refractivity contribution in [3.63, 3.8) is 0 Å². The standard InChI is InChI=1S/C18H28N2O2/c1-3-13(2)22-16-10-8-14(9-11-16)18(21)20-17-7-5-4-6-15(17)12-19/h8-11,13,15,17H,3-7,12,19H2,1-2H3,(H,20,21). The average Bonchev–Trinajstić information content (AvgIpc) is 2.55. The molecule has 0 aliphatic heterocycles. The van der Waals surface area contributed by atoms with E-state index in [4.69, 9.17) is 10.5 Å². The van der Waals surface area contributed by atoms with Gasteiger partial charge in [-0.05, 0) is 62.9 Å². The van der Waals surface area contributed by atoms with Crippen LogP contribution in [0.2, 0.25) is 0 Å². The summed E-state index contributed by atoms with van der Waals surface area (Å²) in [5.74, 6) is 1.20. The first-order chi connectivity index (χ1) is 10.6. The highest BCUT2D eigenvalue weighted by molar-refractivity contribution is 5.94. The van der Waals surface area contributed by atoms with Crippen LogP contribution in [0.3, 0.4) is 0 Å². The molecule has 0 radical (unpaired) electrons. The van der Waals surface area contributed by atoms with Gasteiger partial charge in [-0.1, -0.05) is 19.8 Å². The molecule has 0 heterocycles. The molecule has 3 unspecified atom stereocenters. The molecular formula is C18H28N2O2. The molecule has 122 valence electrons. The van der Waals surface area contributed by atoms with E-state index >= 15 is 0 Å². The van der Waals surface area contributed by atoms with Gasteiger partial charge in [-0.15, -0.1) is 0 Å². The number of nitrogens with one attached hydrogen (secondary N) is 1. The number of nitrogens with two attached hydrogens (primary N) is 1. The molecule has 1 saturated carbocycles. The number of amides is 1. The topological polar surface area (TPSA) is 64.3 Å². The third kappa shape index (κ3) is 4.47. The summed E-state index contributed by atoms with van der Waals surface area (Å²) in [6.07, 6.45) is 5.68. The zero-order valence-electron chi connectivity index (χ0n) is 13.7. The van der Waals surface area contributed by atoms with E-state index in [2.05, 4.69) is 12.2 Å². The Balaban J connectivity index is 1.94. The van der Waals surface area contributed by atoms with E-state index in [1.54, 1.807) is 0 Å². The maximum absolute atomic E-state index is 12.4. The molecule has 0 saturated heterocycles. The van der Waals surface area contributed by atoms with Crippen molar-refractivity contribution in [1.29, 1.82) is 0 Å². The first kappa shape index (κ1) is 16.8. The van der Waals surface area contributed by atoms with Crippen molar-refractivity contribution in [2.75, 3.05) is 6.54 Å². The van der Waals surface area contributed by atoms with E-state index in [9.17, 15) is 4.79 Å². The largest absolute Gasteiger partial charge is 0.491 e. The molecule has 4 heteroatoms. The summed E-state index contributed by atoms with van der Waals surface area (Å²) in [4.78, 5) is 12.4. The molecule has 1 aromatic rings. The van der Waals surface area contributed by atoms with Crippen molar-refractivity contribution in [1.82, 2.24) is 5.32 Å². The number of hydrogen-bond donors (Lipinski definition) is 2. The van der Waals surface area contributed by atoms with Gasteiger partial charge < -0.3 is 15.8 Å². The number of carbonyl (C=O) groups excluding carboxylic acids is 1. The van der Waals surface area contributed by atoms with Crippen LogP contribution in [-0.2, 0) is 0 Å². The molecule has 1 aromatic carbocycles. The molecule has 22 heavy (non-hydrogen) atoms. The van der Waals surface area contributed by atoms with E-state index in [-0.39, 0.29) is 18.1 Å². The normalized spacial score (nSPS) is 22.9. The number of benzene rings is 1. The zero-order valence-corrected chi connectivity index (χ0v) is 13.7. The summed E-state index contributed by atoms with van der Waals surface area (Å²) in [5, 5.41) is 3.15. The summed E-state index contributed by atoms with van der Waals surface area (Å²) < 4.78 is 5.73. The van der Waals surface area contributed by atoms with Gasteiger partial charge in [0.1, 0.15) is 5.75 Å². The first-order valence-corrected chi connectivity index (χ1v) is 8.41. The monoisotopic (exact) mass is 304 g/mol. The molecule has 1 fully saturated rings. The molecule has 0 aromatic heterocycles. The fourth-order valence-corrected chi connectivity index (χ4v) is 2.93. The highest BCUT2D eigenvalue weighted by atomic mass is 16.5. The molecule has 1 amide bonds. The van der Waals surface area contributed by atoms with E-state index in [1.807, 2.05) is 31.2 Å². The van der Waals surface area contributed by atoms with Crippen LogP contribution >= 0.6 is 0 Å². The Bertz CT molecular complexity index is 472. The Hall–Kier alpha value is -1.55. The van der Waals surface area contributed by atoms with Gasteiger partial charge in [0.05, 0.1) is 6.10 Å². The third-order valence-electron chi connectivity index (χ3n) is 4.56. The lowest BCUT2D eigenvalue weighted by Gasteiger charge is -2.31. The van der Waals surface area contributed by atoms with Crippen molar-refractivity contribution >= 4 is 5.91 Å². The van der Waals surface area contributed by atoms with Crippen molar-refractivity contribution in [3.8, 4) is 5.75 Å². The highest BCUT2D eigenvalue weighted by Gasteiger charge is 2.25. The second-order valence-electron chi connectivity index (χ2n) is 6.22. The van der Waals surface area contributed by atoms with Gasteiger partial charge in [-0.25, -0.2) is 0 Å². The number of carbonyl (C=O) groups is 1. The molecule has 3 atom stereocenters. The Morgan fingerprint density at radius 3 is 2.64 bits per heavy atom. The van der Waals surface area contributed by atoms with Crippen LogP contribution in [0.4, 0.5) is 0 Å². The van der Waals surface area contributed by atoms with E-state index in [0.717, 1.165) is 25.0 Å². The molecule has 4 nitrogen and oxygen atoms in total. The van der Waals surface area contributed by atoms with Crippen LogP contribution in [0.15, 0.2) is 24.3 Å². The predicted octanol–water partition coefficient (Wildman–Crippen LogP) is 3.11. The van der Waals surface area contributed by atoms with Gasteiger partial charge in [0.25, 0.3) is 5.91 Å². The minimum absolute atomic E-state index is 0.0135. The highest BCUT2D eigenvalue weighted by Crippen LogP contribution is 2.24. The predicted molar refractivity (Wildman–Crippen MR) is 89.1 cm³/mol. The van der Waals surface area contributed by atoms with Crippen molar-refractivity contribution in [2.24, 2.45) is 11.7 Å². The zero-order chi connectivity index (χ0) is 15.9. The fourth-order valence-electron chi connectivity index (χ4n) is 2.93. The second-order valence-corrected chi connectivity index (χ2v) is 6.22. The lowest BCUT2D eigenvalue weighted by atomic mass is 9.84. The maximum atomic E-state index is 12.4. The third-order valence-corrected chi connectivity index (χ3v) is 4.56. The van der Waals surface area contributed by atoms with Gasteiger partial charge in [0.2, 0.25) is 0 Å². The Morgan fingerprint density at radius 1 is 1.32 bits per heavy atom. The van der Waals surface area contributed by atoms with Crippen LogP contribution in [-0.4, -0.2) is 24.6 Å². The van der Waals surface area contributed by atoms with Crippen molar-refractivity contribution < 1.29 is 9.53 Å². The molecule has 3 N–H and O–H groups in total. The molecule has 0 bridgehead atoms. The summed E-state index contributed by atoms with van der Waals surface area (Å²) in [7, 11) is 0. The van der Waals surface area contributed by atoms with Crippen LogP contribution in [0.1, 0.15) is 56.3 Å². The van der Waals surface area contributed by atoms with Gasteiger partial charge >= 0.3 is 0 Å². The van der Waals surface area contributed by atoms with Gasteiger partial charge in [0.15, 0.2) is 0 Å². The van der Waals surface area contributed by atoms with Crippen molar-refractivity contribution in [3.05, 3.63) is 29.8 Å². The number of ether oxygens (including phenoxy) is 1. The minimum atomic E-state index is -0.0135. The fraction of sp³-hybridized carbons (Fsp3) is 0.611. The lowest BCUT2D eigenvalue weighted by molar-refractivity contribution is 0.0908. The molecule has 0 spiro atoms. The molecule has 1 aliphatic carbocycles. The summed E-state index contributed by atoms with van der Waals surface area (Å²) >= 11 is 0. The number of hydrogen-bond acceptors (Lipinski definition) is 3. The molecular weight excluding hydrogens is 276 g/mol. The van der Waals surface area contributed by atoms with E-state index < -0.39 is 0 Å². The van der Waals surface area contributed by atoms with Crippen LogP contribution in [0.25, 0.3) is 0 Å². The second kappa shape index (κ2) is 8.18. The summed E-state index contributed by atoms with van der Waals surface area (Å²) in [5.41, 5.74) is 6.50. The molecule has 1 aliphatic rings. The van der Waals surface area contributed by atoms with Gasteiger partial charge in [0, 0.05) is 11.6 Å². The van der Waals surface area contributed by atoms with Crippen LogP contribution in [0.5, 0.6) is 5.75 Å².